The van der Waals surface area contributed by atoms with E-state index in [-0.39, 0.29) is 5.75 Å². The Labute approximate surface area is 112 Å². The SMILES string of the molecule is O=S(=O)(Cc1ccccc1)NCCCCCBr. The molecule has 0 aliphatic carbocycles. The number of alkyl halides is 1. The molecule has 0 aromatic heterocycles. The largest absolute Gasteiger partial charge is 0.215 e. The van der Waals surface area contributed by atoms with E-state index in [0.29, 0.717) is 6.54 Å². The van der Waals surface area contributed by atoms with Crippen LogP contribution in [-0.4, -0.2) is 20.3 Å². The first kappa shape index (κ1) is 14.7. The van der Waals surface area contributed by atoms with Crippen molar-refractivity contribution >= 4 is 26.0 Å². The van der Waals surface area contributed by atoms with Gasteiger partial charge in [0.05, 0.1) is 5.75 Å². The van der Waals surface area contributed by atoms with Gasteiger partial charge in [-0.15, -0.1) is 0 Å². The average Bonchev–Trinajstić information content (AvgIpc) is 2.29. The molecule has 1 aromatic rings. The fourth-order valence-corrected chi connectivity index (χ4v) is 3.05. The third-order valence-corrected chi connectivity index (χ3v) is 4.25. The van der Waals surface area contributed by atoms with Gasteiger partial charge in [-0.25, -0.2) is 13.1 Å². The third kappa shape index (κ3) is 6.81. The summed E-state index contributed by atoms with van der Waals surface area (Å²) in [5.74, 6) is 0.0618. The maximum absolute atomic E-state index is 11.7. The van der Waals surface area contributed by atoms with Gasteiger partial charge >= 0.3 is 0 Å². The smallest absolute Gasteiger partial charge is 0.215 e. The summed E-state index contributed by atoms with van der Waals surface area (Å²) in [5, 5.41) is 0.976. The van der Waals surface area contributed by atoms with Crippen molar-refractivity contribution in [1.82, 2.24) is 4.72 Å². The number of rotatable bonds is 8. The van der Waals surface area contributed by atoms with Crippen molar-refractivity contribution in [2.75, 3.05) is 11.9 Å². The number of hydrogen-bond donors (Lipinski definition) is 1. The van der Waals surface area contributed by atoms with Crippen molar-refractivity contribution in [2.24, 2.45) is 0 Å². The molecule has 0 aliphatic heterocycles. The van der Waals surface area contributed by atoms with E-state index in [9.17, 15) is 8.42 Å². The van der Waals surface area contributed by atoms with Crippen molar-refractivity contribution in [1.29, 1.82) is 0 Å². The van der Waals surface area contributed by atoms with Gasteiger partial charge < -0.3 is 0 Å². The first-order valence-corrected chi connectivity index (χ1v) is 8.48. The highest BCUT2D eigenvalue weighted by molar-refractivity contribution is 9.09. The molecule has 0 saturated heterocycles. The zero-order valence-corrected chi connectivity index (χ0v) is 12.1. The lowest BCUT2D eigenvalue weighted by Crippen LogP contribution is -2.26. The van der Waals surface area contributed by atoms with E-state index in [1.54, 1.807) is 0 Å². The van der Waals surface area contributed by atoms with Crippen LogP contribution in [0.5, 0.6) is 0 Å². The fourth-order valence-electron chi connectivity index (χ4n) is 1.47. The monoisotopic (exact) mass is 319 g/mol. The maximum atomic E-state index is 11.7. The van der Waals surface area contributed by atoms with Crippen molar-refractivity contribution in [3.8, 4) is 0 Å². The van der Waals surface area contributed by atoms with Gasteiger partial charge in [0.15, 0.2) is 0 Å². The molecule has 96 valence electrons. The van der Waals surface area contributed by atoms with Crippen LogP contribution in [0.15, 0.2) is 30.3 Å². The van der Waals surface area contributed by atoms with Crippen LogP contribution in [0.1, 0.15) is 24.8 Å². The van der Waals surface area contributed by atoms with Gasteiger partial charge in [-0.2, -0.15) is 0 Å². The molecular formula is C12H18BrNO2S. The van der Waals surface area contributed by atoms with Crippen LogP contribution in [0.25, 0.3) is 0 Å². The lowest BCUT2D eigenvalue weighted by molar-refractivity contribution is 0.575. The van der Waals surface area contributed by atoms with Gasteiger partial charge in [0.2, 0.25) is 10.0 Å². The summed E-state index contributed by atoms with van der Waals surface area (Å²) in [6.45, 7) is 0.530. The lowest BCUT2D eigenvalue weighted by Gasteiger charge is -2.06. The molecule has 0 spiro atoms. The van der Waals surface area contributed by atoms with Crippen molar-refractivity contribution in [2.45, 2.75) is 25.0 Å². The number of unbranched alkanes of at least 4 members (excludes halogenated alkanes) is 2. The van der Waals surface area contributed by atoms with Crippen LogP contribution >= 0.6 is 15.9 Å². The van der Waals surface area contributed by atoms with Crippen LogP contribution in [0.4, 0.5) is 0 Å². The summed E-state index contributed by atoms with van der Waals surface area (Å²) in [4.78, 5) is 0. The Hall–Kier alpha value is -0.390. The first-order valence-electron chi connectivity index (χ1n) is 5.71. The zero-order valence-electron chi connectivity index (χ0n) is 9.73. The topological polar surface area (TPSA) is 46.2 Å². The van der Waals surface area contributed by atoms with E-state index in [4.69, 9.17) is 0 Å². The minimum Gasteiger partial charge on any atom is -0.215 e. The minimum atomic E-state index is -3.18. The predicted octanol–water partition coefficient (Wildman–Crippen LogP) is 2.67. The molecule has 0 radical (unpaired) electrons. The number of benzene rings is 1. The van der Waals surface area contributed by atoms with Gasteiger partial charge in [-0.3, -0.25) is 0 Å². The van der Waals surface area contributed by atoms with E-state index in [2.05, 4.69) is 20.7 Å². The summed E-state index contributed by atoms with van der Waals surface area (Å²) in [5.41, 5.74) is 0.820. The Morgan fingerprint density at radius 3 is 2.41 bits per heavy atom. The number of sulfonamides is 1. The van der Waals surface area contributed by atoms with Gasteiger partial charge in [0.25, 0.3) is 0 Å². The van der Waals surface area contributed by atoms with Crippen molar-refractivity contribution in [3.63, 3.8) is 0 Å². The molecule has 0 heterocycles. The second kappa shape index (κ2) is 7.84. The molecular weight excluding hydrogens is 302 g/mol. The van der Waals surface area contributed by atoms with E-state index in [0.717, 1.165) is 30.2 Å². The van der Waals surface area contributed by atoms with Gasteiger partial charge in [0.1, 0.15) is 0 Å². The molecule has 0 atom stereocenters. The highest BCUT2D eigenvalue weighted by atomic mass is 79.9. The van der Waals surface area contributed by atoms with E-state index >= 15 is 0 Å². The molecule has 0 aliphatic rings. The molecule has 0 bridgehead atoms. The molecule has 17 heavy (non-hydrogen) atoms. The number of hydrogen-bond acceptors (Lipinski definition) is 2. The third-order valence-electron chi connectivity index (χ3n) is 2.33. The Morgan fingerprint density at radius 2 is 1.76 bits per heavy atom. The standard InChI is InChI=1S/C12H18BrNO2S/c13-9-5-2-6-10-14-17(15,16)11-12-7-3-1-4-8-12/h1,3-4,7-8,14H,2,5-6,9-11H2. The zero-order chi connectivity index (χ0) is 12.6. The summed E-state index contributed by atoms with van der Waals surface area (Å²) in [6.07, 6.45) is 3.01. The molecule has 1 N–H and O–H groups in total. The van der Waals surface area contributed by atoms with Crippen molar-refractivity contribution in [3.05, 3.63) is 35.9 Å². The second-order valence-corrected chi connectivity index (χ2v) is 6.49. The summed E-state index contributed by atoms with van der Waals surface area (Å²) in [6, 6.07) is 9.22. The summed E-state index contributed by atoms with van der Waals surface area (Å²) >= 11 is 3.35. The molecule has 5 heteroatoms. The molecule has 1 aromatic carbocycles. The van der Waals surface area contributed by atoms with Crippen LogP contribution in [0.3, 0.4) is 0 Å². The Balaban J connectivity index is 2.32. The maximum Gasteiger partial charge on any atom is 0.215 e. The first-order chi connectivity index (χ1) is 8.14. The number of nitrogens with one attached hydrogen (secondary N) is 1. The highest BCUT2D eigenvalue weighted by Gasteiger charge is 2.09. The average molecular weight is 320 g/mol. The summed E-state index contributed by atoms with van der Waals surface area (Å²) < 4.78 is 26.0. The molecule has 0 amide bonds. The highest BCUT2D eigenvalue weighted by Crippen LogP contribution is 2.04. The van der Waals surface area contributed by atoms with Gasteiger partial charge in [0, 0.05) is 11.9 Å². The van der Waals surface area contributed by atoms with E-state index in [1.807, 2.05) is 30.3 Å². The second-order valence-electron chi connectivity index (χ2n) is 3.89. The lowest BCUT2D eigenvalue weighted by atomic mass is 10.2. The number of halogens is 1. The Kier molecular flexibility index (Phi) is 6.77. The minimum absolute atomic E-state index is 0.0618. The Bertz CT molecular complexity index is 406. The normalized spacial score (nSPS) is 11.6. The molecule has 1 rings (SSSR count). The van der Waals surface area contributed by atoms with Crippen LogP contribution < -0.4 is 4.72 Å². The summed E-state index contributed by atoms with van der Waals surface area (Å²) in [7, 11) is -3.18. The Morgan fingerprint density at radius 1 is 1.06 bits per heavy atom. The molecule has 0 unspecified atom stereocenters. The van der Waals surface area contributed by atoms with Gasteiger partial charge in [-0.05, 0) is 18.4 Å². The quantitative estimate of drug-likeness (QED) is 0.591. The molecule has 3 nitrogen and oxygen atoms in total. The van der Waals surface area contributed by atoms with Crippen LogP contribution in [0, 0.1) is 0 Å². The van der Waals surface area contributed by atoms with Crippen molar-refractivity contribution < 1.29 is 8.42 Å². The molecule has 0 saturated carbocycles. The van der Waals surface area contributed by atoms with E-state index in [1.165, 1.54) is 0 Å². The fraction of sp³-hybridized carbons (Fsp3) is 0.500. The predicted molar refractivity (Wildman–Crippen MR) is 74.7 cm³/mol. The van der Waals surface area contributed by atoms with Crippen LogP contribution in [-0.2, 0) is 15.8 Å². The molecule has 0 fully saturated rings. The van der Waals surface area contributed by atoms with Gasteiger partial charge in [-0.1, -0.05) is 52.7 Å². The van der Waals surface area contributed by atoms with E-state index < -0.39 is 10.0 Å². The van der Waals surface area contributed by atoms with Crippen LogP contribution in [0.2, 0.25) is 0 Å².